The van der Waals surface area contributed by atoms with Crippen LogP contribution in [0.1, 0.15) is 53.4 Å². The number of amides is 1. The zero-order chi connectivity index (χ0) is 13.1. The first-order chi connectivity index (χ1) is 7.79. The molecule has 0 spiro atoms. The predicted octanol–water partition coefficient (Wildman–Crippen LogP) is 2.51. The SMILES string of the molecule is CC(N)CCC1CCCN1C(=O)OC(C)(C)C. The molecule has 1 aliphatic heterocycles. The highest BCUT2D eigenvalue weighted by Crippen LogP contribution is 2.24. The Morgan fingerprint density at radius 1 is 1.53 bits per heavy atom. The summed E-state index contributed by atoms with van der Waals surface area (Å²) in [6.07, 6.45) is 3.92. The van der Waals surface area contributed by atoms with Crippen molar-refractivity contribution < 1.29 is 9.53 Å². The molecule has 17 heavy (non-hydrogen) atoms. The molecule has 0 radical (unpaired) electrons. The van der Waals surface area contributed by atoms with Crippen LogP contribution in [-0.2, 0) is 4.74 Å². The van der Waals surface area contributed by atoms with Crippen LogP contribution in [0.4, 0.5) is 4.79 Å². The first-order valence-corrected chi connectivity index (χ1v) is 6.55. The maximum atomic E-state index is 12.0. The molecule has 4 heteroatoms. The first-order valence-electron chi connectivity index (χ1n) is 6.55. The molecule has 0 aromatic carbocycles. The van der Waals surface area contributed by atoms with Gasteiger partial charge in [-0.2, -0.15) is 0 Å². The average molecular weight is 242 g/mol. The minimum atomic E-state index is -0.411. The van der Waals surface area contributed by atoms with Gasteiger partial charge in [-0.05, 0) is 53.4 Å². The molecule has 0 bridgehead atoms. The van der Waals surface area contributed by atoms with Crippen molar-refractivity contribution in [1.29, 1.82) is 0 Å². The lowest BCUT2D eigenvalue weighted by Crippen LogP contribution is -2.40. The molecule has 1 fully saturated rings. The van der Waals surface area contributed by atoms with E-state index in [0.29, 0.717) is 6.04 Å². The normalized spacial score (nSPS) is 22.6. The Morgan fingerprint density at radius 2 is 2.18 bits per heavy atom. The lowest BCUT2D eigenvalue weighted by molar-refractivity contribution is 0.0218. The van der Waals surface area contributed by atoms with Gasteiger partial charge in [-0.3, -0.25) is 0 Å². The van der Waals surface area contributed by atoms with Crippen LogP contribution in [0.25, 0.3) is 0 Å². The predicted molar refractivity (Wildman–Crippen MR) is 68.8 cm³/mol. The van der Waals surface area contributed by atoms with Gasteiger partial charge in [0.1, 0.15) is 5.60 Å². The molecule has 1 heterocycles. The summed E-state index contributed by atoms with van der Waals surface area (Å²) >= 11 is 0. The van der Waals surface area contributed by atoms with E-state index < -0.39 is 5.60 Å². The fourth-order valence-electron chi connectivity index (χ4n) is 2.15. The van der Waals surface area contributed by atoms with Gasteiger partial charge in [0.25, 0.3) is 0 Å². The second-order valence-electron chi connectivity index (χ2n) is 6.02. The monoisotopic (exact) mass is 242 g/mol. The lowest BCUT2D eigenvalue weighted by atomic mass is 10.1. The molecule has 2 atom stereocenters. The van der Waals surface area contributed by atoms with Crippen molar-refractivity contribution in [2.24, 2.45) is 5.73 Å². The van der Waals surface area contributed by atoms with E-state index in [-0.39, 0.29) is 12.1 Å². The number of ether oxygens (including phenoxy) is 1. The Labute approximate surface area is 104 Å². The first kappa shape index (κ1) is 14.3. The molecule has 1 amide bonds. The fourth-order valence-corrected chi connectivity index (χ4v) is 2.15. The molecule has 0 aromatic rings. The van der Waals surface area contributed by atoms with E-state index >= 15 is 0 Å². The van der Waals surface area contributed by atoms with Crippen LogP contribution >= 0.6 is 0 Å². The Balaban J connectivity index is 2.48. The third-order valence-electron chi connectivity index (χ3n) is 2.96. The van der Waals surface area contributed by atoms with E-state index in [1.807, 2.05) is 32.6 Å². The highest BCUT2D eigenvalue weighted by atomic mass is 16.6. The van der Waals surface area contributed by atoms with Gasteiger partial charge in [0.05, 0.1) is 0 Å². The molecule has 2 N–H and O–H groups in total. The Kier molecular flexibility index (Phi) is 4.80. The number of rotatable bonds is 3. The second-order valence-corrected chi connectivity index (χ2v) is 6.02. The van der Waals surface area contributed by atoms with Gasteiger partial charge in [0.2, 0.25) is 0 Å². The van der Waals surface area contributed by atoms with Gasteiger partial charge in [0.15, 0.2) is 0 Å². The van der Waals surface area contributed by atoms with Crippen molar-refractivity contribution in [3.05, 3.63) is 0 Å². The molecule has 0 aromatic heterocycles. The van der Waals surface area contributed by atoms with E-state index in [1.165, 1.54) is 0 Å². The van der Waals surface area contributed by atoms with Crippen molar-refractivity contribution in [3.8, 4) is 0 Å². The van der Waals surface area contributed by atoms with E-state index in [0.717, 1.165) is 32.2 Å². The summed E-state index contributed by atoms with van der Waals surface area (Å²) in [7, 11) is 0. The van der Waals surface area contributed by atoms with Crippen LogP contribution in [0.5, 0.6) is 0 Å². The van der Waals surface area contributed by atoms with Crippen LogP contribution in [0.15, 0.2) is 0 Å². The minimum absolute atomic E-state index is 0.176. The number of carbonyl (C=O) groups excluding carboxylic acids is 1. The van der Waals surface area contributed by atoms with E-state index in [9.17, 15) is 4.79 Å². The number of likely N-dealkylation sites (tertiary alicyclic amines) is 1. The highest BCUT2D eigenvalue weighted by Gasteiger charge is 2.31. The number of hydrogen-bond donors (Lipinski definition) is 1. The van der Waals surface area contributed by atoms with E-state index in [2.05, 4.69) is 0 Å². The van der Waals surface area contributed by atoms with E-state index in [4.69, 9.17) is 10.5 Å². The van der Waals surface area contributed by atoms with E-state index in [1.54, 1.807) is 0 Å². The number of carbonyl (C=O) groups is 1. The molecular weight excluding hydrogens is 216 g/mol. The lowest BCUT2D eigenvalue weighted by Gasteiger charge is -2.28. The topological polar surface area (TPSA) is 55.6 Å². The van der Waals surface area contributed by atoms with Gasteiger partial charge in [-0.25, -0.2) is 4.79 Å². The standard InChI is InChI=1S/C13H26N2O2/c1-10(14)7-8-11-6-5-9-15(11)12(16)17-13(2,3)4/h10-11H,5-9,14H2,1-4H3. The summed E-state index contributed by atoms with van der Waals surface area (Å²) in [5.74, 6) is 0. The molecule has 100 valence electrons. The largest absolute Gasteiger partial charge is 0.444 e. The van der Waals surface area contributed by atoms with Crippen molar-refractivity contribution in [2.75, 3.05) is 6.54 Å². The second kappa shape index (κ2) is 5.71. The van der Waals surface area contributed by atoms with Gasteiger partial charge < -0.3 is 15.4 Å². The molecule has 2 unspecified atom stereocenters. The van der Waals surface area contributed by atoms with Crippen molar-refractivity contribution in [3.63, 3.8) is 0 Å². The molecular formula is C13H26N2O2. The Hall–Kier alpha value is -0.770. The van der Waals surface area contributed by atoms with Crippen LogP contribution in [0.3, 0.4) is 0 Å². The van der Waals surface area contributed by atoms with Gasteiger partial charge >= 0.3 is 6.09 Å². The summed E-state index contributed by atoms with van der Waals surface area (Å²) in [6.45, 7) is 8.53. The smallest absolute Gasteiger partial charge is 0.410 e. The zero-order valence-corrected chi connectivity index (χ0v) is 11.5. The van der Waals surface area contributed by atoms with Crippen LogP contribution in [-0.4, -0.2) is 35.2 Å². The third-order valence-corrected chi connectivity index (χ3v) is 2.96. The fraction of sp³-hybridized carbons (Fsp3) is 0.923. The maximum absolute atomic E-state index is 12.0. The summed E-state index contributed by atoms with van der Waals surface area (Å²) in [4.78, 5) is 13.9. The van der Waals surface area contributed by atoms with Crippen molar-refractivity contribution in [1.82, 2.24) is 4.90 Å². The highest BCUT2D eigenvalue weighted by molar-refractivity contribution is 5.68. The molecule has 4 nitrogen and oxygen atoms in total. The molecule has 0 aliphatic carbocycles. The van der Waals surface area contributed by atoms with Crippen LogP contribution in [0, 0.1) is 0 Å². The van der Waals surface area contributed by atoms with Crippen molar-refractivity contribution >= 4 is 6.09 Å². The average Bonchev–Trinajstić information content (AvgIpc) is 2.59. The summed E-state index contributed by atoms with van der Waals surface area (Å²) in [5.41, 5.74) is 5.35. The molecule has 1 saturated heterocycles. The van der Waals surface area contributed by atoms with Gasteiger partial charge in [0, 0.05) is 18.6 Å². The molecule has 1 rings (SSSR count). The zero-order valence-electron chi connectivity index (χ0n) is 11.5. The van der Waals surface area contributed by atoms with Gasteiger partial charge in [-0.1, -0.05) is 0 Å². The maximum Gasteiger partial charge on any atom is 0.410 e. The molecule has 0 saturated carbocycles. The van der Waals surface area contributed by atoms with Crippen LogP contribution in [0.2, 0.25) is 0 Å². The molecule has 1 aliphatic rings. The Morgan fingerprint density at radius 3 is 2.71 bits per heavy atom. The summed E-state index contributed by atoms with van der Waals surface area (Å²) < 4.78 is 5.41. The van der Waals surface area contributed by atoms with Gasteiger partial charge in [-0.15, -0.1) is 0 Å². The summed E-state index contributed by atoms with van der Waals surface area (Å²) in [6, 6.07) is 0.520. The number of hydrogen-bond acceptors (Lipinski definition) is 3. The van der Waals surface area contributed by atoms with Crippen LogP contribution < -0.4 is 5.73 Å². The third kappa shape index (κ3) is 4.94. The quantitative estimate of drug-likeness (QED) is 0.827. The summed E-state index contributed by atoms with van der Waals surface area (Å²) in [5, 5.41) is 0. The van der Waals surface area contributed by atoms with Crippen molar-refractivity contribution in [2.45, 2.75) is 71.1 Å². The number of nitrogens with two attached hydrogens (primary N) is 1. The minimum Gasteiger partial charge on any atom is -0.444 e. The Bertz CT molecular complexity index is 259. The number of nitrogens with zero attached hydrogens (tertiary/aromatic N) is 1.